The second kappa shape index (κ2) is 8.02. The zero-order valence-corrected chi connectivity index (χ0v) is 16.9. The standard InChI is InChI=1S/C23H28O5/c1-24-12-23(13-27-14-23)15-28-21-19(10-11-20(25-2)22(21)26-3)18-9-5-7-16-6-4-8-17(16)18/h5,7,9-11H,4,6,8,12-15H2,1-3H3. The molecule has 28 heavy (non-hydrogen) atoms. The molecule has 2 aliphatic rings. The summed E-state index contributed by atoms with van der Waals surface area (Å²) < 4.78 is 28.5. The molecular weight excluding hydrogens is 356 g/mol. The molecule has 1 heterocycles. The first-order chi connectivity index (χ1) is 13.7. The van der Waals surface area contributed by atoms with E-state index in [1.807, 2.05) is 6.07 Å². The van der Waals surface area contributed by atoms with Crippen molar-refractivity contribution in [3.8, 4) is 28.4 Å². The van der Waals surface area contributed by atoms with E-state index in [-0.39, 0.29) is 5.41 Å². The van der Waals surface area contributed by atoms with E-state index >= 15 is 0 Å². The van der Waals surface area contributed by atoms with Gasteiger partial charge in [0.25, 0.3) is 0 Å². The van der Waals surface area contributed by atoms with Gasteiger partial charge in [-0.1, -0.05) is 18.2 Å². The third-order valence-corrected chi connectivity index (χ3v) is 5.73. The normalized spacial score (nSPS) is 17.0. The van der Waals surface area contributed by atoms with Crippen molar-refractivity contribution in [2.75, 3.05) is 47.8 Å². The Hall–Kier alpha value is -2.24. The average molecular weight is 384 g/mol. The molecule has 5 heteroatoms. The highest BCUT2D eigenvalue weighted by molar-refractivity contribution is 5.79. The van der Waals surface area contributed by atoms with Crippen molar-refractivity contribution in [2.45, 2.75) is 19.3 Å². The maximum Gasteiger partial charge on any atom is 0.203 e. The molecule has 1 fully saturated rings. The molecule has 1 aliphatic carbocycles. The Balaban J connectivity index is 1.76. The molecule has 0 amide bonds. The van der Waals surface area contributed by atoms with Gasteiger partial charge in [0.1, 0.15) is 6.61 Å². The fourth-order valence-corrected chi connectivity index (χ4v) is 4.26. The molecule has 150 valence electrons. The Morgan fingerprint density at radius 2 is 1.75 bits per heavy atom. The second-order valence-corrected chi connectivity index (χ2v) is 7.69. The molecule has 1 saturated heterocycles. The molecular formula is C23H28O5. The molecule has 2 aromatic rings. The minimum absolute atomic E-state index is 0.112. The number of rotatable bonds is 8. The van der Waals surface area contributed by atoms with Crippen LogP contribution in [0.3, 0.4) is 0 Å². The van der Waals surface area contributed by atoms with Crippen LogP contribution in [-0.4, -0.2) is 47.8 Å². The summed E-state index contributed by atoms with van der Waals surface area (Å²) in [5, 5.41) is 0. The first kappa shape index (κ1) is 19.1. The first-order valence-corrected chi connectivity index (χ1v) is 9.77. The van der Waals surface area contributed by atoms with Crippen molar-refractivity contribution in [3.63, 3.8) is 0 Å². The Bertz CT molecular complexity index is 841. The van der Waals surface area contributed by atoms with Crippen LogP contribution < -0.4 is 14.2 Å². The lowest BCUT2D eigenvalue weighted by molar-refractivity contribution is -0.159. The van der Waals surface area contributed by atoms with Gasteiger partial charge in [0.05, 0.1) is 39.5 Å². The number of ether oxygens (including phenoxy) is 5. The third kappa shape index (κ3) is 3.33. The third-order valence-electron chi connectivity index (χ3n) is 5.73. The predicted molar refractivity (Wildman–Crippen MR) is 108 cm³/mol. The Morgan fingerprint density at radius 1 is 0.893 bits per heavy atom. The lowest BCUT2D eigenvalue weighted by atomic mass is 9.88. The largest absolute Gasteiger partial charge is 0.493 e. The van der Waals surface area contributed by atoms with E-state index in [2.05, 4.69) is 24.3 Å². The summed E-state index contributed by atoms with van der Waals surface area (Å²) in [4.78, 5) is 0. The molecule has 0 unspecified atom stereocenters. The smallest absolute Gasteiger partial charge is 0.203 e. The molecule has 1 aliphatic heterocycles. The van der Waals surface area contributed by atoms with Crippen LogP contribution in [-0.2, 0) is 22.3 Å². The summed E-state index contributed by atoms with van der Waals surface area (Å²) in [6, 6.07) is 10.6. The average Bonchev–Trinajstić information content (AvgIpc) is 3.18. The van der Waals surface area contributed by atoms with E-state index in [9.17, 15) is 0 Å². The van der Waals surface area contributed by atoms with Gasteiger partial charge in [-0.25, -0.2) is 0 Å². The summed E-state index contributed by atoms with van der Waals surface area (Å²) in [6.45, 7) is 2.40. The maximum atomic E-state index is 6.41. The van der Waals surface area contributed by atoms with Gasteiger partial charge >= 0.3 is 0 Å². The van der Waals surface area contributed by atoms with E-state index in [1.54, 1.807) is 21.3 Å². The molecule has 2 aromatic carbocycles. The van der Waals surface area contributed by atoms with Gasteiger partial charge in [-0.3, -0.25) is 0 Å². The van der Waals surface area contributed by atoms with Gasteiger partial charge in [-0.15, -0.1) is 0 Å². The maximum absolute atomic E-state index is 6.41. The van der Waals surface area contributed by atoms with E-state index in [0.29, 0.717) is 37.9 Å². The van der Waals surface area contributed by atoms with Crippen molar-refractivity contribution in [1.29, 1.82) is 0 Å². The summed E-state index contributed by atoms with van der Waals surface area (Å²) in [5.41, 5.74) is 5.00. The van der Waals surface area contributed by atoms with Gasteiger partial charge in [0.15, 0.2) is 11.5 Å². The topological polar surface area (TPSA) is 46.2 Å². The fraction of sp³-hybridized carbons (Fsp3) is 0.478. The number of fused-ring (bicyclic) bond motifs is 1. The minimum atomic E-state index is -0.112. The molecule has 0 aromatic heterocycles. The molecule has 0 atom stereocenters. The lowest BCUT2D eigenvalue weighted by Gasteiger charge is -2.40. The Labute approximate surface area is 166 Å². The first-order valence-electron chi connectivity index (χ1n) is 9.77. The van der Waals surface area contributed by atoms with Gasteiger partial charge in [-0.05, 0) is 48.1 Å². The molecule has 0 radical (unpaired) electrons. The summed E-state index contributed by atoms with van der Waals surface area (Å²) in [6.07, 6.45) is 3.44. The van der Waals surface area contributed by atoms with Crippen LogP contribution in [0.5, 0.6) is 17.2 Å². The minimum Gasteiger partial charge on any atom is -0.493 e. The molecule has 0 spiro atoms. The van der Waals surface area contributed by atoms with Crippen LogP contribution in [0.25, 0.3) is 11.1 Å². The summed E-state index contributed by atoms with van der Waals surface area (Å²) >= 11 is 0. The molecule has 0 N–H and O–H groups in total. The van der Waals surface area contributed by atoms with Crippen LogP contribution in [0, 0.1) is 5.41 Å². The molecule has 4 rings (SSSR count). The van der Waals surface area contributed by atoms with Crippen molar-refractivity contribution < 1.29 is 23.7 Å². The number of aryl methyl sites for hydroxylation is 1. The summed E-state index contributed by atoms with van der Waals surface area (Å²) in [5.74, 6) is 2.02. The quantitative estimate of drug-likeness (QED) is 0.691. The Morgan fingerprint density at radius 3 is 2.43 bits per heavy atom. The molecule has 5 nitrogen and oxygen atoms in total. The summed E-state index contributed by atoms with van der Waals surface area (Å²) in [7, 11) is 5.01. The molecule has 0 bridgehead atoms. The van der Waals surface area contributed by atoms with E-state index in [4.69, 9.17) is 23.7 Å². The van der Waals surface area contributed by atoms with Gasteiger partial charge in [-0.2, -0.15) is 0 Å². The highest BCUT2D eigenvalue weighted by atomic mass is 16.5. The zero-order chi connectivity index (χ0) is 19.6. The van der Waals surface area contributed by atoms with Gasteiger partial charge < -0.3 is 23.7 Å². The number of benzene rings is 2. The number of hydrogen-bond acceptors (Lipinski definition) is 5. The highest BCUT2D eigenvalue weighted by Gasteiger charge is 2.40. The van der Waals surface area contributed by atoms with Crippen molar-refractivity contribution in [2.24, 2.45) is 5.41 Å². The Kier molecular flexibility index (Phi) is 5.47. The van der Waals surface area contributed by atoms with Crippen molar-refractivity contribution in [3.05, 3.63) is 41.5 Å². The van der Waals surface area contributed by atoms with E-state index < -0.39 is 0 Å². The number of methoxy groups -OCH3 is 3. The van der Waals surface area contributed by atoms with Crippen molar-refractivity contribution >= 4 is 0 Å². The van der Waals surface area contributed by atoms with E-state index in [1.165, 1.54) is 23.1 Å². The van der Waals surface area contributed by atoms with Gasteiger partial charge in [0, 0.05) is 12.7 Å². The SMILES string of the molecule is COCC1(COc2c(-c3cccc4c3CCC4)ccc(OC)c2OC)COC1. The van der Waals surface area contributed by atoms with Crippen LogP contribution in [0.1, 0.15) is 17.5 Å². The fourth-order valence-electron chi connectivity index (χ4n) is 4.26. The van der Waals surface area contributed by atoms with Crippen LogP contribution >= 0.6 is 0 Å². The molecule has 0 saturated carbocycles. The van der Waals surface area contributed by atoms with Gasteiger partial charge in [0.2, 0.25) is 5.75 Å². The van der Waals surface area contributed by atoms with Crippen LogP contribution in [0.4, 0.5) is 0 Å². The number of hydrogen-bond donors (Lipinski definition) is 0. The second-order valence-electron chi connectivity index (χ2n) is 7.69. The van der Waals surface area contributed by atoms with E-state index in [0.717, 1.165) is 24.2 Å². The van der Waals surface area contributed by atoms with Crippen LogP contribution in [0.15, 0.2) is 30.3 Å². The monoisotopic (exact) mass is 384 g/mol. The lowest BCUT2D eigenvalue weighted by Crippen LogP contribution is -2.50. The van der Waals surface area contributed by atoms with Crippen molar-refractivity contribution in [1.82, 2.24) is 0 Å². The van der Waals surface area contributed by atoms with Crippen LogP contribution in [0.2, 0.25) is 0 Å². The highest BCUT2D eigenvalue weighted by Crippen LogP contribution is 2.47. The predicted octanol–water partition coefficient (Wildman–Crippen LogP) is 3.90. The zero-order valence-electron chi connectivity index (χ0n) is 16.9.